The van der Waals surface area contributed by atoms with Crippen LogP contribution in [0.15, 0.2) is 12.1 Å². The molecule has 1 amide bonds. The van der Waals surface area contributed by atoms with E-state index in [1.54, 1.807) is 12.1 Å². The van der Waals surface area contributed by atoms with Crippen LogP contribution in [0, 0.1) is 11.3 Å². The predicted octanol–water partition coefficient (Wildman–Crippen LogP) is 2.67. The van der Waals surface area contributed by atoms with Crippen LogP contribution in [0.3, 0.4) is 0 Å². The van der Waals surface area contributed by atoms with Crippen LogP contribution in [-0.4, -0.2) is 32.8 Å². The quantitative estimate of drug-likeness (QED) is 0.902. The van der Waals surface area contributed by atoms with Crippen molar-refractivity contribution in [3.63, 3.8) is 0 Å². The highest BCUT2D eigenvalue weighted by Crippen LogP contribution is 2.35. The molecule has 0 atom stereocenters. The SMILES string of the molecule is COc1cc(OC)c(C(=O)NC2(C#N)CCCCC2)cc1OC. The zero-order chi connectivity index (χ0) is 16.9. The van der Waals surface area contributed by atoms with Gasteiger partial charge in [-0.15, -0.1) is 0 Å². The summed E-state index contributed by atoms with van der Waals surface area (Å²) in [5.41, 5.74) is -0.474. The molecule has 0 spiro atoms. The molecule has 0 bridgehead atoms. The molecule has 6 nitrogen and oxygen atoms in total. The molecule has 1 saturated carbocycles. The minimum Gasteiger partial charge on any atom is -0.496 e. The van der Waals surface area contributed by atoms with Crippen LogP contribution in [0.5, 0.6) is 17.2 Å². The Morgan fingerprint density at radius 1 is 1.04 bits per heavy atom. The van der Waals surface area contributed by atoms with Gasteiger partial charge in [0.1, 0.15) is 11.3 Å². The van der Waals surface area contributed by atoms with Crippen LogP contribution in [0.2, 0.25) is 0 Å². The zero-order valence-corrected chi connectivity index (χ0v) is 13.8. The smallest absolute Gasteiger partial charge is 0.256 e. The van der Waals surface area contributed by atoms with Gasteiger partial charge < -0.3 is 19.5 Å². The van der Waals surface area contributed by atoms with Gasteiger partial charge in [-0.1, -0.05) is 19.3 Å². The maximum atomic E-state index is 12.7. The number of nitrogens with zero attached hydrogens (tertiary/aromatic N) is 1. The van der Waals surface area contributed by atoms with Crippen molar-refractivity contribution in [2.75, 3.05) is 21.3 Å². The van der Waals surface area contributed by atoms with Gasteiger partial charge in [0, 0.05) is 12.1 Å². The van der Waals surface area contributed by atoms with E-state index in [4.69, 9.17) is 14.2 Å². The molecule has 0 radical (unpaired) electrons. The second-order valence-corrected chi connectivity index (χ2v) is 5.62. The molecule has 6 heteroatoms. The molecule has 1 aliphatic carbocycles. The number of carbonyl (C=O) groups is 1. The first-order valence-corrected chi connectivity index (χ1v) is 7.63. The van der Waals surface area contributed by atoms with Gasteiger partial charge in [-0.25, -0.2) is 0 Å². The van der Waals surface area contributed by atoms with E-state index in [9.17, 15) is 10.1 Å². The van der Waals surface area contributed by atoms with Crippen molar-refractivity contribution < 1.29 is 19.0 Å². The Morgan fingerprint density at radius 2 is 1.61 bits per heavy atom. The number of ether oxygens (including phenoxy) is 3. The Balaban J connectivity index is 2.33. The maximum absolute atomic E-state index is 12.7. The van der Waals surface area contributed by atoms with E-state index < -0.39 is 5.54 Å². The molecule has 1 aromatic carbocycles. The van der Waals surface area contributed by atoms with Crippen LogP contribution in [0.1, 0.15) is 42.5 Å². The Kier molecular flexibility index (Phi) is 5.32. The van der Waals surface area contributed by atoms with Gasteiger partial charge in [0.15, 0.2) is 11.5 Å². The van der Waals surface area contributed by atoms with Crippen molar-refractivity contribution in [2.24, 2.45) is 0 Å². The van der Waals surface area contributed by atoms with E-state index in [2.05, 4.69) is 11.4 Å². The number of hydrogen-bond acceptors (Lipinski definition) is 5. The lowest BCUT2D eigenvalue weighted by molar-refractivity contribution is 0.0899. The van der Waals surface area contributed by atoms with Crippen molar-refractivity contribution in [3.8, 4) is 23.3 Å². The second-order valence-electron chi connectivity index (χ2n) is 5.62. The average Bonchev–Trinajstić information content (AvgIpc) is 2.61. The number of rotatable bonds is 5. The largest absolute Gasteiger partial charge is 0.496 e. The van der Waals surface area contributed by atoms with Gasteiger partial charge in [0.05, 0.1) is 33.0 Å². The van der Waals surface area contributed by atoms with Gasteiger partial charge in [0.25, 0.3) is 5.91 Å². The Bertz CT molecular complexity index is 616. The van der Waals surface area contributed by atoms with Crippen LogP contribution in [0.25, 0.3) is 0 Å². The summed E-state index contributed by atoms with van der Waals surface area (Å²) in [6, 6.07) is 5.45. The molecule has 2 rings (SSSR count). The fraction of sp³-hybridized carbons (Fsp3) is 0.529. The fourth-order valence-corrected chi connectivity index (χ4v) is 2.91. The third-order valence-electron chi connectivity index (χ3n) is 4.22. The highest BCUT2D eigenvalue weighted by molar-refractivity contribution is 5.98. The summed E-state index contributed by atoms with van der Waals surface area (Å²) in [5.74, 6) is 0.956. The third-order valence-corrected chi connectivity index (χ3v) is 4.22. The molecular weight excluding hydrogens is 296 g/mol. The first-order chi connectivity index (χ1) is 11.1. The molecule has 1 N–H and O–H groups in total. The van der Waals surface area contributed by atoms with E-state index >= 15 is 0 Å². The summed E-state index contributed by atoms with van der Waals surface area (Å²) in [4.78, 5) is 12.7. The lowest BCUT2D eigenvalue weighted by Gasteiger charge is -2.31. The lowest BCUT2D eigenvalue weighted by atomic mass is 9.82. The summed E-state index contributed by atoms with van der Waals surface area (Å²) in [7, 11) is 4.51. The second kappa shape index (κ2) is 7.23. The molecule has 1 fully saturated rings. The molecule has 0 heterocycles. The predicted molar refractivity (Wildman–Crippen MR) is 85.0 cm³/mol. The summed E-state index contributed by atoms with van der Waals surface area (Å²) < 4.78 is 15.7. The monoisotopic (exact) mass is 318 g/mol. The Labute approximate surface area is 136 Å². The minimum atomic E-state index is -0.798. The number of hydrogen-bond donors (Lipinski definition) is 1. The third kappa shape index (κ3) is 3.50. The topological polar surface area (TPSA) is 80.6 Å². The average molecular weight is 318 g/mol. The van der Waals surface area contributed by atoms with Crippen molar-refractivity contribution in [2.45, 2.75) is 37.6 Å². The highest BCUT2D eigenvalue weighted by Gasteiger charge is 2.34. The van der Waals surface area contributed by atoms with Gasteiger partial charge in [0.2, 0.25) is 0 Å². The minimum absolute atomic E-state index is 0.324. The van der Waals surface area contributed by atoms with Crippen molar-refractivity contribution in [1.29, 1.82) is 5.26 Å². The summed E-state index contributed by atoms with van der Waals surface area (Å²) >= 11 is 0. The first-order valence-electron chi connectivity index (χ1n) is 7.63. The normalized spacial score (nSPS) is 16.1. The van der Waals surface area contributed by atoms with Crippen LogP contribution in [0.4, 0.5) is 0 Å². The molecule has 23 heavy (non-hydrogen) atoms. The van der Waals surface area contributed by atoms with E-state index in [1.165, 1.54) is 21.3 Å². The van der Waals surface area contributed by atoms with E-state index in [0.29, 0.717) is 35.7 Å². The molecule has 0 aliphatic heterocycles. The van der Waals surface area contributed by atoms with E-state index in [0.717, 1.165) is 19.3 Å². The van der Waals surface area contributed by atoms with Crippen LogP contribution >= 0.6 is 0 Å². The van der Waals surface area contributed by atoms with Crippen LogP contribution in [-0.2, 0) is 0 Å². The summed E-state index contributed by atoms with van der Waals surface area (Å²) in [6.45, 7) is 0. The van der Waals surface area contributed by atoms with Gasteiger partial charge in [-0.05, 0) is 12.8 Å². The number of benzene rings is 1. The molecular formula is C17H22N2O4. The molecule has 1 aromatic rings. The van der Waals surface area contributed by atoms with Crippen molar-refractivity contribution >= 4 is 5.91 Å². The van der Waals surface area contributed by atoms with Gasteiger partial charge in [-0.2, -0.15) is 5.26 Å². The first kappa shape index (κ1) is 16.9. The summed E-state index contributed by atoms with van der Waals surface area (Å²) in [6.07, 6.45) is 4.32. The number of nitriles is 1. The Morgan fingerprint density at radius 3 is 2.13 bits per heavy atom. The molecule has 0 saturated heterocycles. The van der Waals surface area contributed by atoms with Crippen LogP contribution < -0.4 is 19.5 Å². The lowest BCUT2D eigenvalue weighted by Crippen LogP contribution is -2.48. The zero-order valence-electron chi connectivity index (χ0n) is 13.8. The number of amides is 1. The standard InChI is InChI=1S/C17H22N2O4/c1-21-13-10-15(23-3)14(22-2)9-12(13)16(20)19-17(11-18)7-5-4-6-8-17/h9-10H,4-8H2,1-3H3,(H,19,20). The summed E-state index contributed by atoms with van der Waals surface area (Å²) in [5, 5.41) is 12.4. The van der Waals surface area contributed by atoms with E-state index in [1.807, 2.05) is 0 Å². The van der Waals surface area contributed by atoms with Gasteiger partial charge in [-0.3, -0.25) is 4.79 Å². The van der Waals surface area contributed by atoms with Gasteiger partial charge >= 0.3 is 0 Å². The fourth-order valence-electron chi connectivity index (χ4n) is 2.91. The van der Waals surface area contributed by atoms with Crippen molar-refractivity contribution in [3.05, 3.63) is 17.7 Å². The Hall–Kier alpha value is -2.42. The molecule has 1 aliphatic rings. The molecule has 0 unspecified atom stereocenters. The van der Waals surface area contributed by atoms with E-state index in [-0.39, 0.29) is 5.91 Å². The molecule has 0 aromatic heterocycles. The van der Waals surface area contributed by atoms with Crippen molar-refractivity contribution in [1.82, 2.24) is 5.32 Å². The molecule has 124 valence electrons. The maximum Gasteiger partial charge on any atom is 0.256 e. The number of methoxy groups -OCH3 is 3. The highest BCUT2D eigenvalue weighted by atomic mass is 16.5. The number of carbonyl (C=O) groups excluding carboxylic acids is 1. The number of nitrogens with one attached hydrogen (secondary N) is 1.